The largest absolute Gasteiger partial charge is 0.227 e. The molecule has 0 aliphatic heterocycles. The van der Waals surface area contributed by atoms with Gasteiger partial charge >= 0.3 is 0 Å². The van der Waals surface area contributed by atoms with Crippen LogP contribution in [0.4, 0.5) is 0 Å². The van der Waals surface area contributed by atoms with Gasteiger partial charge in [-0.15, -0.1) is 11.8 Å². The average molecular weight is 245 g/mol. The molecule has 0 saturated heterocycles. The van der Waals surface area contributed by atoms with E-state index in [2.05, 4.69) is 30.7 Å². The molecule has 0 bridgehead atoms. The summed E-state index contributed by atoms with van der Waals surface area (Å²) in [6.07, 6.45) is 0. The van der Waals surface area contributed by atoms with E-state index in [1.165, 1.54) is 0 Å². The molecule has 0 aromatic carbocycles. The van der Waals surface area contributed by atoms with Crippen LogP contribution in [-0.2, 0) is 0 Å². The van der Waals surface area contributed by atoms with Crippen LogP contribution in [0.1, 0.15) is 32.2 Å². The summed E-state index contributed by atoms with van der Waals surface area (Å²) in [5.41, 5.74) is 0.986. The average Bonchev–Trinajstić information content (AvgIpc) is 2.13. The molecule has 0 aliphatic carbocycles. The highest BCUT2D eigenvalue weighted by Gasteiger charge is 2.14. The summed E-state index contributed by atoms with van der Waals surface area (Å²) in [7, 11) is 0. The van der Waals surface area contributed by atoms with Gasteiger partial charge in [-0.05, 0) is 19.8 Å². The van der Waals surface area contributed by atoms with Gasteiger partial charge in [0.1, 0.15) is 16.0 Å². The first-order valence-corrected chi connectivity index (χ1v) is 6.35. The first-order valence-electron chi connectivity index (χ1n) is 5.09. The van der Waals surface area contributed by atoms with Crippen molar-refractivity contribution < 1.29 is 0 Å². The molecule has 2 nitrogen and oxygen atoms in total. The monoisotopic (exact) mass is 244 g/mol. The Labute approximate surface area is 101 Å². The maximum absolute atomic E-state index is 6.02. The lowest BCUT2D eigenvalue weighted by Crippen LogP contribution is -2.07. The first kappa shape index (κ1) is 12.8. The summed E-state index contributed by atoms with van der Waals surface area (Å²) < 4.78 is 0. The highest BCUT2D eigenvalue weighted by molar-refractivity contribution is 7.99. The second kappa shape index (κ2) is 5.17. The third kappa shape index (κ3) is 3.35. The molecule has 0 amide bonds. The van der Waals surface area contributed by atoms with Crippen molar-refractivity contribution >= 4 is 23.4 Å². The Hall–Kier alpha value is -0.280. The van der Waals surface area contributed by atoms with Gasteiger partial charge in [0, 0.05) is 10.8 Å². The summed E-state index contributed by atoms with van der Waals surface area (Å²) >= 11 is 7.79. The molecule has 0 radical (unpaired) electrons. The molecule has 1 rings (SSSR count). The summed E-state index contributed by atoms with van der Waals surface area (Å²) in [6.45, 7) is 10.5. The van der Waals surface area contributed by atoms with Gasteiger partial charge in [0.05, 0.1) is 0 Å². The van der Waals surface area contributed by atoms with Crippen LogP contribution in [0.25, 0.3) is 0 Å². The first-order chi connectivity index (χ1) is 6.91. The molecule has 84 valence electrons. The number of aromatic nitrogens is 2. The molecule has 0 spiro atoms. The molecule has 0 N–H and O–H groups in total. The van der Waals surface area contributed by atoms with Crippen molar-refractivity contribution in [1.82, 2.24) is 9.97 Å². The zero-order valence-electron chi connectivity index (χ0n) is 9.84. The van der Waals surface area contributed by atoms with E-state index in [0.717, 1.165) is 16.4 Å². The molecule has 1 aromatic rings. The summed E-state index contributed by atoms with van der Waals surface area (Å²) in [5, 5.41) is 2.11. The summed E-state index contributed by atoms with van der Waals surface area (Å²) in [6, 6.07) is 0. The zero-order valence-corrected chi connectivity index (χ0v) is 11.4. The van der Waals surface area contributed by atoms with Crippen molar-refractivity contribution in [3.63, 3.8) is 0 Å². The van der Waals surface area contributed by atoms with Gasteiger partial charge in [-0.1, -0.05) is 32.4 Å². The number of aryl methyl sites for hydroxylation is 1. The van der Waals surface area contributed by atoms with Crippen LogP contribution in [0.5, 0.6) is 0 Å². The van der Waals surface area contributed by atoms with Gasteiger partial charge in [-0.2, -0.15) is 0 Å². The minimum absolute atomic E-state index is 0.536. The lowest BCUT2D eigenvalue weighted by atomic mass is 10.2. The third-order valence-electron chi connectivity index (χ3n) is 2.39. The van der Waals surface area contributed by atoms with E-state index in [-0.39, 0.29) is 0 Å². The van der Waals surface area contributed by atoms with E-state index in [9.17, 15) is 0 Å². The predicted molar refractivity (Wildman–Crippen MR) is 66.7 cm³/mol. The van der Waals surface area contributed by atoms with Crippen molar-refractivity contribution in [1.29, 1.82) is 0 Å². The molecule has 0 fully saturated rings. The third-order valence-corrected chi connectivity index (χ3v) is 4.29. The van der Waals surface area contributed by atoms with Gasteiger partial charge in [-0.25, -0.2) is 9.97 Å². The normalized spacial score (nSPS) is 13.3. The number of rotatable bonds is 3. The molecule has 1 unspecified atom stereocenters. The maximum Gasteiger partial charge on any atom is 0.136 e. The summed E-state index contributed by atoms with van der Waals surface area (Å²) in [5.74, 6) is 1.37. The molecular weight excluding hydrogens is 228 g/mol. The SMILES string of the molecule is Cc1nc(Cl)c(C)c(SC(C)C(C)C)n1. The quantitative estimate of drug-likeness (QED) is 0.596. The van der Waals surface area contributed by atoms with Crippen LogP contribution in [0, 0.1) is 19.8 Å². The van der Waals surface area contributed by atoms with Gasteiger partial charge in [0.25, 0.3) is 0 Å². The summed E-state index contributed by atoms with van der Waals surface area (Å²) in [4.78, 5) is 8.55. The van der Waals surface area contributed by atoms with Crippen LogP contribution in [-0.4, -0.2) is 15.2 Å². The Kier molecular flexibility index (Phi) is 4.41. The van der Waals surface area contributed by atoms with E-state index in [1.54, 1.807) is 11.8 Å². The van der Waals surface area contributed by atoms with Gasteiger partial charge in [-0.3, -0.25) is 0 Å². The molecule has 0 aliphatic rings. The molecule has 1 atom stereocenters. The van der Waals surface area contributed by atoms with E-state index >= 15 is 0 Å². The lowest BCUT2D eigenvalue weighted by Gasteiger charge is -2.16. The molecular formula is C11H17ClN2S. The van der Waals surface area contributed by atoms with Crippen molar-refractivity contribution in [3.05, 3.63) is 16.5 Å². The van der Waals surface area contributed by atoms with E-state index < -0.39 is 0 Å². The standard InChI is InChI=1S/C11H17ClN2S/c1-6(2)8(4)15-11-7(3)10(12)13-9(5)14-11/h6,8H,1-5H3. The van der Waals surface area contributed by atoms with Crippen LogP contribution < -0.4 is 0 Å². The second-order valence-corrected chi connectivity index (χ2v) is 5.78. The van der Waals surface area contributed by atoms with Crippen LogP contribution in [0.2, 0.25) is 5.15 Å². The van der Waals surface area contributed by atoms with Gasteiger partial charge in [0.15, 0.2) is 0 Å². The van der Waals surface area contributed by atoms with Crippen LogP contribution >= 0.6 is 23.4 Å². The minimum atomic E-state index is 0.536. The van der Waals surface area contributed by atoms with Crippen molar-refractivity contribution in [2.24, 2.45) is 5.92 Å². The fourth-order valence-corrected chi connectivity index (χ4v) is 2.35. The van der Waals surface area contributed by atoms with Crippen molar-refractivity contribution in [3.8, 4) is 0 Å². The fraction of sp³-hybridized carbons (Fsp3) is 0.636. The Morgan fingerprint density at radius 3 is 2.27 bits per heavy atom. The fourth-order valence-electron chi connectivity index (χ4n) is 0.997. The van der Waals surface area contributed by atoms with Gasteiger partial charge < -0.3 is 0 Å². The molecule has 4 heteroatoms. The van der Waals surface area contributed by atoms with Gasteiger partial charge in [0.2, 0.25) is 0 Å². The smallest absolute Gasteiger partial charge is 0.136 e. The Morgan fingerprint density at radius 2 is 1.73 bits per heavy atom. The maximum atomic E-state index is 6.02. The number of halogens is 1. The van der Waals surface area contributed by atoms with E-state index in [1.807, 2.05) is 13.8 Å². The Balaban J connectivity index is 2.94. The second-order valence-electron chi connectivity index (χ2n) is 4.06. The molecule has 1 heterocycles. The number of nitrogens with zero attached hydrogens (tertiary/aromatic N) is 2. The highest BCUT2D eigenvalue weighted by atomic mass is 35.5. The van der Waals surface area contributed by atoms with E-state index in [4.69, 9.17) is 11.6 Å². The van der Waals surface area contributed by atoms with Crippen molar-refractivity contribution in [2.45, 2.75) is 44.9 Å². The molecule has 1 aromatic heterocycles. The molecule has 0 saturated carbocycles. The zero-order chi connectivity index (χ0) is 11.6. The van der Waals surface area contributed by atoms with E-state index in [0.29, 0.717) is 16.3 Å². The van der Waals surface area contributed by atoms with Crippen molar-refractivity contribution in [2.75, 3.05) is 0 Å². The number of hydrogen-bond acceptors (Lipinski definition) is 3. The Bertz CT molecular complexity index is 353. The predicted octanol–water partition coefficient (Wildman–Crippen LogP) is 3.88. The Morgan fingerprint density at radius 1 is 1.13 bits per heavy atom. The minimum Gasteiger partial charge on any atom is -0.227 e. The lowest BCUT2D eigenvalue weighted by molar-refractivity contribution is 0.641. The topological polar surface area (TPSA) is 25.8 Å². The highest BCUT2D eigenvalue weighted by Crippen LogP contribution is 2.30. The van der Waals surface area contributed by atoms with Crippen LogP contribution in [0.15, 0.2) is 5.03 Å². The number of thioether (sulfide) groups is 1. The van der Waals surface area contributed by atoms with Crippen LogP contribution in [0.3, 0.4) is 0 Å². The molecule has 15 heavy (non-hydrogen) atoms. The number of hydrogen-bond donors (Lipinski definition) is 0.